The molecule has 198 valence electrons. The van der Waals surface area contributed by atoms with E-state index < -0.39 is 18.2 Å². The van der Waals surface area contributed by atoms with Crippen molar-refractivity contribution in [3.05, 3.63) is 35.4 Å². The van der Waals surface area contributed by atoms with Gasteiger partial charge in [-0.2, -0.15) is 0 Å². The van der Waals surface area contributed by atoms with Gasteiger partial charge in [0, 0.05) is 12.7 Å². The van der Waals surface area contributed by atoms with Gasteiger partial charge < -0.3 is 24.6 Å². The number of benzene rings is 1. The van der Waals surface area contributed by atoms with Crippen molar-refractivity contribution in [3.63, 3.8) is 0 Å². The van der Waals surface area contributed by atoms with E-state index in [9.17, 15) is 14.4 Å². The molecule has 1 aromatic rings. The number of nitrogens with zero attached hydrogens (tertiary/aromatic N) is 2. The minimum Gasteiger partial charge on any atom is -0.377 e. The van der Waals surface area contributed by atoms with Gasteiger partial charge in [-0.1, -0.05) is 32.9 Å². The molecule has 0 aliphatic carbocycles. The maximum atomic E-state index is 13.6. The highest BCUT2D eigenvalue weighted by Gasteiger charge is 2.53. The Kier molecular flexibility index (Phi) is 8.80. The molecular formula is C28H41N3O5. The SMILES string of the molecule is CCCN1CCC(c2ccc(C(=O)N[C@@H](CC(C)C)C(=O)N3C[C@H](OC)[C@H]4OCC(=O)[C@H]43)cc2)CC1. The van der Waals surface area contributed by atoms with E-state index in [1.54, 1.807) is 12.0 Å². The highest BCUT2D eigenvalue weighted by Crippen LogP contribution is 2.31. The van der Waals surface area contributed by atoms with Crippen LogP contribution in [0.2, 0.25) is 0 Å². The van der Waals surface area contributed by atoms with Gasteiger partial charge in [0.15, 0.2) is 5.78 Å². The molecule has 1 aromatic carbocycles. The molecule has 3 aliphatic rings. The van der Waals surface area contributed by atoms with Gasteiger partial charge in [-0.3, -0.25) is 14.4 Å². The molecule has 1 N–H and O–H groups in total. The van der Waals surface area contributed by atoms with E-state index in [1.807, 2.05) is 26.0 Å². The highest BCUT2D eigenvalue weighted by atomic mass is 16.5. The number of fused-ring (bicyclic) bond motifs is 1. The first-order valence-corrected chi connectivity index (χ1v) is 13.4. The molecule has 8 heteroatoms. The molecular weight excluding hydrogens is 458 g/mol. The van der Waals surface area contributed by atoms with Gasteiger partial charge in [0.25, 0.3) is 5.91 Å². The number of carbonyl (C=O) groups excluding carboxylic acids is 3. The molecule has 0 spiro atoms. The second-order valence-corrected chi connectivity index (χ2v) is 10.8. The minimum atomic E-state index is -0.718. The van der Waals surface area contributed by atoms with Crippen LogP contribution in [0.15, 0.2) is 24.3 Å². The third-order valence-electron chi connectivity index (χ3n) is 7.81. The maximum absolute atomic E-state index is 13.6. The Morgan fingerprint density at radius 2 is 1.86 bits per heavy atom. The Balaban J connectivity index is 1.41. The number of carbonyl (C=O) groups is 3. The molecule has 0 unspecified atom stereocenters. The van der Waals surface area contributed by atoms with Crippen LogP contribution in [0.4, 0.5) is 0 Å². The smallest absolute Gasteiger partial charge is 0.251 e. The molecule has 36 heavy (non-hydrogen) atoms. The van der Waals surface area contributed by atoms with Crippen molar-refractivity contribution in [2.24, 2.45) is 5.92 Å². The third-order valence-corrected chi connectivity index (χ3v) is 7.81. The van der Waals surface area contributed by atoms with Crippen molar-refractivity contribution < 1.29 is 23.9 Å². The van der Waals surface area contributed by atoms with Crippen molar-refractivity contribution in [2.45, 2.75) is 76.7 Å². The number of amides is 2. The Labute approximate surface area is 214 Å². The number of nitrogens with one attached hydrogen (secondary N) is 1. The zero-order valence-corrected chi connectivity index (χ0v) is 22.1. The van der Waals surface area contributed by atoms with Crippen LogP contribution in [0, 0.1) is 5.92 Å². The predicted molar refractivity (Wildman–Crippen MR) is 137 cm³/mol. The Hall–Kier alpha value is -2.29. The van der Waals surface area contributed by atoms with Crippen LogP contribution < -0.4 is 5.32 Å². The number of hydrogen-bond acceptors (Lipinski definition) is 6. The fourth-order valence-corrected chi connectivity index (χ4v) is 5.89. The van der Waals surface area contributed by atoms with Crippen molar-refractivity contribution in [1.29, 1.82) is 0 Å². The van der Waals surface area contributed by atoms with Crippen molar-refractivity contribution in [2.75, 3.05) is 39.9 Å². The highest BCUT2D eigenvalue weighted by molar-refractivity contribution is 5.99. The van der Waals surface area contributed by atoms with Gasteiger partial charge in [0.05, 0.1) is 6.54 Å². The summed E-state index contributed by atoms with van der Waals surface area (Å²) >= 11 is 0. The second kappa shape index (κ2) is 11.8. The first kappa shape index (κ1) is 26.8. The summed E-state index contributed by atoms with van der Waals surface area (Å²) in [6.07, 6.45) is 3.16. The van der Waals surface area contributed by atoms with E-state index >= 15 is 0 Å². The Bertz CT molecular complexity index is 926. The average Bonchev–Trinajstić information content (AvgIpc) is 3.44. The molecule has 3 heterocycles. The molecule has 4 atom stereocenters. The first-order valence-electron chi connectivity index (χ1n) is 13.4. The summed E-state index contributed by atoms with van der Waals surface area (Å²) in [5, 5.41) is 2.96. The summed E-state index contributed by atoms with van der Waals surface area (Å²) in [5.74, 6) is 0.0757. The lowest BCUT2D eigenvalue weighted by Crippen LogP contribution is -2.52. The summed E-state index contributed by atoms with van der Waals surface area (Å²) in [6, 6.07) is 6.47. The van der Waals surface area contributed by atoms with E-state index in [0.717, 1.165) is 32.5 Å². The predicted octanol–water partition coefficient (Wildman–Crippen LogP) is 2.61. The lowest BCUT2D eigenvalue weighted by Gasteiger charge is -2.32. The van der Waals surface area contributed by atoms with E-state index in [0.29, 0.717) is 17.9 Å². The van der Waals surface area contributed by atoms with E-state index in [-0.39, 0.29) is 42.8 Å². The molecule has 3 fully saturated rings. The lowest BCUT2D eigenvalue weighted by molar-refractivity contribution is -0.138. The van der Waals surface area contributed by atoms with E-state index in [4.69, 9.17) is 9.47 Å². The molecule has 0 saturated carbocycles. The lowest BCUT2D eigenvalue weighted by atomic mass is 9.89. The number of rotatable bonds is 9. The summed E-state index contributed by atoms with van der Waals surface area (Å²) in [7, 11) is 1.56. The van der Waals surface area contributed by atoms with Crippen LogP contribution in [-0.2, 0) is 19.1 Å². The molecule has 4 rings (SSSR count). The maximum Gasteiger partial charge on any atom is 0.251 e. The van der Waals surface area contributed by atoms with Gasteiger partial charge in [-0.05, 0) is 74.8 Å². The largest absolute Gasteiger partial charge is 0.377 e. The number of methoxy groups -OCH3 is 1. The number of Topliss-reactive ketones (excluding diaryl/α,β-unsaturated/α-hetero) is 1. The topological polar surface area (TPSA) is 88.2 Å². The van der Waals surface area contributed by atoms with Crippen LogP contribution >= 0.6 is 0 Å². The van der Waals surface area contributed by atoms with Crippen molar-refractivity contribution in [1.82, 2.24) is 15.1 Å². The van der Waals surface area contributed by atoms with Gasteiger partial charge in [0.1, 0.15) is 30.9 Å². The number of hydrogen-bond donors (Lipinski definition) is 1. The molecule has 2 amide bonds. The number of piperidine rings is 1. The van der Waals surface area contributed by atoms with Gasteiger partial charge in [-0.15, -0.1) is 0 Å². The fraction of sp³-hybridized carbons (Fsp3) is 0.679. The van der Waals surface area contributed by atoms with Gasteiger partial charge >= 0.3 is 0 Å². The average molecular weight is 500 g/mol. The number of ketones is 1. The molecule has 3 aliphatic heterocycles. The fourth-order valence-electron chi connectivity index (χ4n) is 5.89. The van der Waals surface area contributed by atoms with E-state index in [1.165, 1.54) is 12.0 Å². The van der Waals surface area contributed by atoms with Crippen molar-refractivity contribution in [3.8, 4) is 0 Å². The zero-order valence-electron chi connectivity index (χ0n) is 22.1. The Morgan fingerprint density at radius 3 is 2.47 bits per heavy atom. The Morgan fingerprint density at radius 1 is 1.17 bits per heavy atom. The molecule has 8 nitrogen and oxygen atoms in total. The molecule has 0 aromatic heterocycles. The first-order chi connectivity index (χ1) is 17.3. The van der Waals surface area contributed by atoms with Crippen LogP contribution in [0.25, 0.3) is 0 Å². The number of ether oxygens (including phenoxy) is 2. The van der Waals surface area contributed by atoms with E-state index in [2.05, 4.69) is 29.3 Å². The van der Waals surface area contributed by atoms with Crippen LogP contribution in [0.3, 0.4) is 0 Å². The summed E-state index contributed by atoms with van der Waals surface area (Å²) in [5.41, 5.74) is 1.81. The summed E-state index contributed by atoms with van der Waals surface area (Å²) in [4.78, 5) is 43.3. The minimum absolute atomic E-state index is 0.00976. The van der Waals surface area contributed by atoms with Crippen LogP contribution in [0.1, 0.15) is 68.3 Å². The summed E-state index contributed by atoms with van der Waals surface area (Å²) < 4.78 is 11.1. The van der Waals surface area contributed by atoms with Crippen molar-refractivity contribution >= 4 is 17.6 Å². The molecule has 0 bridgehead atoms. The number of likely N-dealkylation sites (tertiary alicyclic amines) is 2. The van der Waals surface area contributed by atoms with Gasteiger partial charge in [0.2, 0.25) is 5.91 Å². The van der Waals surface area contributed by atoms with Crippen LogP contribution in [0.5, 0.6) is 0 Å². The van der Waals surface area contributed by atoms with Crippen LogP contribution in [-0.4, -0.2) is 91.6 Å². The van der Waals surface area contributed by atoms with Gasteiger partial charge in [-0.25, -0.2) is 0 Å². The zero-order chi connectivity index (χ0) is 25.8. The standard InChI is InChI=1S/C28H41N3O5/c1-5-12-30-13-10-20(11-14-30)19-6-8-21(9-7-19)27(33)29-22(15-18(2)3)28(34)31-16-24(35-4)26-25(31)23(32)17-36-26/h6-9,18,20,22,24-26H,5,10-17H2,1-4H3,(H,29,33)/t22-,24-,25+,26+/m0/s1. The molecule has 0 radical (unpaired) electrons. The molecule has 3 saturated heterocycles. The summed E-state index contributed by atoms with van der Waals surface area (Å²) in [6.45, 7) is 9.93. The normalized spacial score (nSPS) is 25.9. The third kappa shape index (κ3) is 5.82. The quantitative estimate of drug-likeness (QED) is 0.562. The second-order valence-electron chi connectivity index (χ2n) is 10.8. The monoisotopic (exact) mass is 499 g/mol.